The highest BCUT2D eigenvalue weighted by molar-refractivity contribution is 7.80. The van der Waals surface area contributed by atoms with E-state index in [-0.39, 0.29) is 0 Å². The molecular formula is C10H23N3S. The van der Waals surface area contributed by atoms with Crippen LogP contribution in [0.2, 0.25) is 0 Å². The fourth-order valence-corrected chi connectivity index (χ4v) is 1.68. The second kappa shape index (κ2) is 7.15. The molecule has 0 bridgehead atoms. The van der Waals surface area contributed by atoms with Gasteiger partial charge in [-0.2, -0.15) is 0 Å². The van der Waals surface area contributed by atoms with Gasteiger partial charge in [0.2, 0.25) is 0 Å². The lowest BCUT2D eigenvalue weighted by Gasteiger charge is -2.29. The van der Waals surface area contributed by atoms with E-state index in [4.69, 9.17) is 18.0 Å². The maximum atomic E-state index is 5.49. The number of likely N-dealkylation sites (N-methyl/N-ethyl adjacent to an activating group) is 2. The standard InChI is InChI=1S/C10H23N3S/c1-5-13(7-6-10(11)14)9(2)8-12(3)4/h9H,5-8H2,1-4H3,(H2,11,14). The van der Waals surface area contributed by atoms with E-state index >= 15 is 0 Å². The highest BCUT2D eigenvalue weighted by Crippen LogP contribution is 2.01. The first-order valence-electron chi connectivity index (χ1n) is 5.14. The van der Waals surface area contributed by atoms with Crippen LogP contribution in [0.5, 0.6) is 0 Å². The molecule has 0 rings (SSSR count). The summed E-state index contributed by atoms with van der Waals surface area (Å²) < 4.78 is 0. The molecule has 0 saturated heterocycles. The highest BCUT2D eigenvalue weighted by Gasteiger charge is 2.12. The van der Waals surface area contributed by atoms with Crippen LogP contribution in [0.4, 0.5) is 0 Å². The molecule has 14 heavy (non-hydrogen) atoms. The zero-order valence-corrected chi connectivity index (χ0v) is 10.6. The molecule has 2 N–H and O–H groups in total. The van der Waals surface area contributed by atoms with E-state index < -0.39 is 0 Å². The fraction of sp³-hybridized carbons (Fsp3) is 0.900. The minimum Gasteiger partial charge on any atom is -0.393 e. The molecule has 0 amide bonds. The average molecular weight is 217 g/mol. The van der Waals surface area contributed by atoms with Gasteiger partial charge in [-0.15, -0.1) is 0 Å². The number of thiocarbonyl (C=S) groups is 1. The van der Waals surface area contributed by atoms with Crippen LogP contribution in [-0.2, 0) is 0 Å². The predicted octanol–water partition coefficient (Wildman–Crippen LogP) is 0.935. The molecule has 0 aliphatic heterocycles. The number of nitrogens with zero attached hydrogens (tertiary/aromatic N) is 2. The van der Waals surface area contributed by atoms with Crippen molar-refractivity contribution in [1.82, 2.24) is 9.80 Å². The Hall–Kier alpha value is -0.190. The van der Waals surface area contributed by atoms with Crippen molar-refractivity contribution in [3.8, 4) is 0 Å². The SMILES string of the molecule is CCN(CCC(N)=S)C(C)CN(C)C. The van der Waals surface area contributed by atoms with Gasteiger partial charge in [0.1, 0.15) is 0 Å². The molecule has 0 heterocycles. The quantitative estimate of drug-likeness (QED) is 0.643. The Morgan fingerprint density at radius 1 is 1.43 bits per heavy atom. The Balaban J connectivity index is 3.92. The van der Waals surface area contributed by atoms with E-state index in [9.17, 15) is 0 Å². The van der Waals surface area contributed by atoms with Gasteiger partial charge >= 0.3 is 0 Å². The van der Waals surface area contributed by atoms with Gasteiger partial charge in [0, 0.05) is 25.6 Å². The molecule has 1 atom stereocenters. The molecule has 0 aromatic carbocycles. The first-order chi connectivity index (χ1) is 6.47. The Morgan fingerprint density at radius 3 is 2.36 bits per heavy atom. The zero-order valence-electron chi connectivity index (χ0n) is 9.79. The van der Waals surface area contributed by atoms with Crippen molar-refractivity contribution in [2.75, 3.05) is 33.7 Å². The highest BCUT2D eigenvalue weighted by atomic mass is 32.1. The van der Waals surface area contributed by atoms with Gasteiger partial charge in [-0.3, -0.25) is 4.90 Å². The van der Waals surface area contributed by atoms with Crippen LogP contribution in [-0.4, -0.2) is 54.6 Å². The van der Waals surface area contributed by atoms with Crippen molar-refractivity contribution in [3.05, 3.63) is 0 Å². The van der Waals surface area contributed by atoms with E-state index in [1.54, 1.807) is 0 Å². The molecule has 0 aliphatic rings. The topological polar surface area (TPSA) is 32.5 Å². The second-order valence-electron chi connectivity index (χ2n) is 3.96. The van der Waals surface area contributed by atoms with Gasteiger partial charge in [-0.1, -0.05) is 19.1 Å². The molecule has 1 unspecified atom stereocenters. The Labute approximate surface area is 93.2 Å². The van der Waals surface area contributed by atoms with Crippen molar-refractivity contribution in [2.24, 2.45) is 5.73 Å². The van der Waals surface area contributed by atoms with E-state index in [0.717, 1.165) is 26.1 Å². The number of hydrogen-bond donors (Lipinski definition) is 1. The normalized spacial score (nSPS) is 13.6. The lowest BCUT2D eigenvalue weighted by atomic mass is 10.2. The Morgan fingerprint density at radius 2 is 2.00 bits per heavy atom. The fourth-order valence-electron chi connectivity index (χ4n) is 1.59. The molecule has 0 spiro atoms. The van der Waals surface area contributed by atoms with Crippen LogP contribution >= 0.6 is 12.2 Å². The van der Waals surface area contributed by atoms with Gasteiger partial charge < -0.3 is 10.6 Å². The van der Waals surface area contributed by atoms with E-state index in [1.165, 1.54) is 0 Å². The minimum absolute atomic E-state index is 0.560. The molecule has 0 aromatic rings. The summed E-state index contributed by atoms with van der Waals surface area (Å²) in [6.45, 7) is 7.51. The Bertz CT molecular complexity index is 171. The second-order valence-corrected chi connectivity index (χ2v) is 4.48. The zero-order chi connectivity index (χ0) is 11.1. The van der Waals surface area contributed by atoms with Crippen molar-refractivity contribution >= 4 is 17.2 Å². The summed E-state index contributed by atoms with van der Waals surface area (Å²) in [7, 11) is 4.19. The predicted molar refractivity (Wildman–Crippen MR) is 66.7 cm³/mol. The first-order valence-corrected chi connectivity index (χ1v) is 5.55. The molecule has 0 saturated carbocycles. The van der Waals surface area contributed by atoms with Crippen molar-refractivity contribution in [3.63, 3.8) is 0 Å². The van der Waals surface area contributed by atoms with Gasteiger partial charge in [0.05, 0.1) is 4.99 Å². The third-order valence-electron chi connectivity index (χ3n) is 2.30. The summed E-state index contributed by atoms with van der Waals surface area (Å²) >= 11 is 4.88. The third kappa shape index (κ3) is 6.29. The molecule has 0 fully saturated rings. The minimum atomic E-state index is 0.560. The van der Waals surface area contributed by atoms with Crippen LogP contribution < -0.4 is 5.73 Å². The van der Waals surface area contributed by atoms with Gasteiger partial charge in [0.25, 0.3) is 0 Å². The molecule has 84 valence electrons. The number of nitrogens with two attached hydrogens (primary N) is 1. The van der Waals surface area contributed by atoms with Crippen LogP contribution in [0.15, 0.2) is 0 Å². The number of rotatable bonds is 7. The summed E-state index contributed by atoms with van der Waals surface area (Å²) in [4.78, 5) is 5.22. The maximum Gasteiger partial charge on any atom is 0.0740 e. The van der Waals surface area contributed by atoms with Crippen LogP contribution in [0, 0.1) is 0 Å². The molecule has 3 nitrogen and oxygen atoms in total. The van der Waals surface area contributed by atoms with Gasteiger partial charge in [-0.25, -0.2) is 0 Å². The van der Waals surface area contributed by atoms with Crippen LogP contribution in [0.3, 0.4) is 0 Å². The number of hydrogen-bond acceptors (Lipinski definition) is 3. The molecular weight excluding hydrogens is 194 g/mol. The molecule has 4 heteroatoms. The van der Waals surface area contributed by atoms with Crippen LogP contribution in [0.25, 0.3) is 0 Å². The lowest BCUT2D eigenvalue weighted by Crippen LogP contribution is -2.41. The third-order valence-corrected chi connectivity index (χ3v) is 2.51. The Kier molecular flexibility index (Phi) is 7.05. The first kappa shape index (κ1) is 13.8. The maximum absolute atomic E-state index is 5.49. The van der Waals surface area contributed by atoms with Crippen LogP contribution in [0.1, 0.15) is 20.3 Å². The smallest absolute Gasteiger partial charge is 0.0740 e. The monoisotopic (exact) mass is 217 g/mol. The van der Waals surface area contributed by atoms with Crippen molar-refractivity contribution in [2.45, 2.75) is 26.3 Å². The molecule has 0 aliphatic carbocycles. The van der Waals surface area contributed by atoms with Gasteiger partial charge in [0.15, 0.2) is 0 Å². The summed E-state index contributed by atoms with van der Waals surface area (Å²) in [5.74, 6) is 0. The summed E-state index contributed by atoms with van der Waals surface area (Å²) in [5, 5.41) is 0. The van der Waals surface area contributed by atoms with E-state index in [1.807, 2.05) is 0 Å². The summed E-state index contributed by atoms with van der Waals surface area (Å²) in [6, 6.07) is 0.560. The molecule has 0 aromatic heterocycles. The lowest BCUT2D eigenvalue weighted by molar-refractivity contribution is 0.186. The van der Waals surface area contributed by atoms with Crippen molar-refractivity contribution < 1.29 is 0 Å². The largest absolute Gasteiger partial charge is 0.393 e. The summed E-state index contributed by atoms with van der Waals surface area (Å²) in [5.41, 5.74) is 5.49. The molecule has 0 radical (unpaired) electrons. The van der Waals surface area contributed by atoms with E-state index in [2.05, 4.69) is 37.7 Å². The van der Waals surface area contributed by atoms with E-state index in [0.29, 0.717) is 11.0 Å². The average Bonchev–Trinajstić information content (AvgIpc) is 2.03. The summed E-state index contributed by atoms with van der Waals surface area (Å²) in [6.07, 6.45) is 0.820. The van der Waals surface area contributed by atoms with Gasteiger partial charge in [-0.05, 0) is 27.6 Å². The van der Waals surface area contributed by atoms with Crippen molar-refractivity contribution in [1.29, 1.82) is 0 Å².